The number of carbonyl (C=O) groups is 2. The second-order valence-corrected chi connectivity index (χ2v) is 9.49. The third-order valence-corrected chi connectivity index (χ3v) is 4.27. The van der Waals surface area contributed by atoms with Crippen LogP contribution >= 0.6 is 0 Å². The fourth-order valence-electron chi connectivity index (χ4n) is 3.06. The highest BCUT2D eigenvalue weighted by molar-refractivity contribution is 5.89. The molecule has 174 valence electrons. The predicted molar refractivity (Wildman–Crippen MR) is 120 cm³/mol. The molecule has 0 spiro atoms. The Hall–Kier alpha value is -3.26. The monoisotopic (exact) mass is 444 g/mol. The van der Waals surface area contributed by atoms with E-state index in [2.05, 4.69) is 0 Å². The van der Waals surface area contributed by atoms with Gasteiger partial charge in [0.05, 0.1) is 12.1 Å². The SMILES string of the molecule is CC(C)(C)OC(=O)N(C(=O)OC(C)(C)C)C(c1cccc(O)c1)C(N)c1cccc(O)c1. The quantitative estimate of drug-likeness (QED) is 0.606. The van der Waals surface area contributed by atoms with Gasteiger partial charge in [-0.3, -0.25) is 0 Å². The van der Waals surface area contributed by atoms with Gasteiger partial charge in [-0.15, -0.1) is 0 Å². The zero-order chi connectivity index (χ0) is 24.3. The van der Waals surface area contributed by atoms with Gasteiger partial charge in [-0.2, -0.15) is 0 Å². The molecule has 8 heteroatoms. The van der Waals surface area contributed by atoms with Gasteiger partial charge in [0.25, 0.3) is 0 Å². The lowest BCUT2D eigenvalue weighted by Crippen LogP contribution is -2.48. The molecular formula is C24H32N2O6. The lowest BCUT2D eigenvalue weighted by molar-refractivity contribution is -0.0102. The van der Waals surface area contributed by atoms with Crippen LogP contribution in [0.4, 0.5) is 9.59 Å². The molecule has 2 aromatic rings. The van der Waals surface area contributed by atoms with Gasteiger partial charge >= 0.3 is 12.2 Å². The summed E-state index contributed by atoms with van der Waals surface area (Å²) in [5.74, 6) is -0.0855. The van der Waals surface area contributed by atoms with Gasteiger partial charge in [0.2, 0.25) is 0 Å². The Kier molecular flexibility index (Phi) is 7.41. The second-order valence-electron chi connectivity index (χ2n) is 9.49. The molecule has 4 N–H and O–H groups in total. The fraction of sp³-hybridized carbons (Fsp3) is 0.417. The number of benzene rings is 2. The van der Waals surface area contributed by atoms with E-state index in [9.17, 15) is 19.8 Å². The summed E-state index contributed by atoms with van der Waals surface area (Å²) in [6, 6.07) is 10.2. The number of amides is 2. The van der Waals surface area contributed by atoms with Crippen LogP contribution in [-0.4, -0.2) is 38.5 Å². The van der Waals surface area contributed by atoms with Crippen molar-refractivity contribution in [3.63, 3.8) is 0 Å². The van der Waals surface area contributed by atoms with Gasteiger partial charge in [-0.05, 0) is 76.9 Å². The number of phenolic OH excluding ortho intramolecular Hbond substituents is 2. The van der Waals surface area contributed by atoms with Gasteiger partial charge in [-0.1, -0.05) is 24.3 Å². The van der Waals surface area contributed by atoms with Crippen LogP contribution in [-0.2, 0) is 9.47 Å². The molecule has 0 aliphatic rings. The first-order chi connectivity index (χ1) is 14.7. The van der Waals surface area contributed by atoms with Crippen LogP contribution in [0.15, 0.2) is 48.5 Å². The minimum Gasteiger partial charge on any atom is -0.508 e. The van der Waals surface area contributed by atoms with E-state index in [1.807, 2.05) is 0 Å². The summed E-state index contributed by atoms with van der Waals surface area (Å²) in [5.41, 5.74) is 5.61. The van der Waals surface area contributed by atoms with Crippen molar-refractivity contribution in [3.8, 4) is 11.5 Å². The van der Waals surface area contributed by atoms with Crippen LogP contribution in [0.5, 0.6) is 11.5 Å². The number of hydrogen-bond donors (Lipinski definition) is 3. The lowest BCUT2D eigenvalue weighted by atomic mass is 9.92. The van der Waals surface area contributed by atoms with Crippen molar-refractivity contribution in [3.05, 3.63) is 59.7 Å². The van der Waals surface area contributed by atoms with E-state index in [1.54, 1.807) is 65.8 Å². The molecule has 32 heavy (non-hydrogen) atoms. The molecule has 2 amide bonds. The highest BCUT2D eigenvalue weighted by atomic mass is 16.6. The van der Waals surface area contributed by atoms with E-state index in [0.717, 1.165) is 4.90 Å². The highest BCUT2D eigenvalue weighted by Gasteiger charge is 2.41. The number of hydrogen-bond acceptors (Lipinski definition) is 7. The van der Waals surface area contributed by atoms with Crippen molar-refractivity contribution >= 4 is 12.2 Å². The summed E-state index contributed by atoms with van der Waals surface area (Å²) in [6.45, 7) is 10.1. The minimum atomic E-state index is -1.10. The van der Waals surface area contributed by atoms with Crippen molar-refractivity contribution in [2.45, 2.75) is 64.8 Å². The molecule has 0 aliphatic carbocycles. The lowest BCUT2D eigenvalue weighted by Gasteiger charge is -2.36. The molecule has 2 atom stereocenters. The molecule has 2 aromatic carbocycles. The van der Waals surface area contributed by atoms with Gasteiger partial charge in [0.15, 0.2) is 0 Å². The molecule has 0 fully saturated rings. The molecule has 0 radical (unpaired) electrons. The third-order valence-electron chi connectivity index (χ3n) is 4.27. The van der Waals surface area contributed by atoms with Gasteiger partial charge in [-0.25, -0.2) is 14.5 Å². The number of ether oxygens (including phenoxy) is 2. The number of imide groups is 1. The van der Waals surface area contributed by atoms with Gasteiger partial charge in [0.1, 0.15) is 22.7 Å². The van der Waals surface area contributed by atoms with Crippen molar-refractivity contribution in [1.82, 2.24) is 4.90 Å². The Morgan fingerprint density at radius 3 is 1.62 bits per heavy atom. The van der Waals surface area contributed by atoms with Crippen molar-refractivity contribution < 1.29 is 29.3 Å². The van der Waals surface area contributed by atoms with Gasteiger partial charge < -0.3 is 25.4 Å². The zero-order valence-corrected chi connectivity index (χ0v) is 19.3. The minimum absolute atomic E-state index is 0.0197. The van der Waals surface area contributed by atoms with Crippen LogP contribution in [0.2, 0.25) is 0 Å². The first kappa shape index (κ1) is 25.0. The number of aromatic hydroxyl groups is 2. The maximum atomic E-state index is 13.2. The standard InChI is InChI=1S/C24H32N2O6/c1-23(2,3)31-21(29)26(22(30)32-24(4,5)6)20(16-10-8-12-18(28)14-16)19(25)15-9-7-11-17(27)13-15/h7-14,19-20,27-28H,25H2,1-6H3. The Labute approximate surface area is 188 Å². The first-order valence-corrected chi connectivity index (χ1v) is 10.3. The molecular weight excluding hydrogens is 412 g/mol. The number of rotatable bonds is 4. The van der Waals surface area contributed by atoms with E-state index in [1.165, 1.54) is 24.3 Å². The molecule has 0 aromatic heterocycles. The molecule has 0 saturated carbocycles. The molecule has 0 saturated heterocycles. The summed E-state index contributed by atoms with van der Waals surface area (Å²) < 4.78 is 11.0. The third kappa shape index (κ3) is 6.88. The molecule has 0 aliphatic heterocycles. The Morgan fingerprint density at radius 2 is 1.22 bits per heavy atom. The topological polar surface area (TPSA) is 122 Å². The molecule has 8 nitrogen and oxygen atoms in total. The molecule has 0 bridgehead atoms. The van der Waals surface area contributed by atoms with Crippen LogP contribution in [0, 0.1) is 0 Å². The maximum Gasteiger partial charge on any atom is 0.420 e. The molecule has 0 heterocycles. The van der Waals surface area contributed by atoms with Gasteiger partial charge in [0, 0.05) is 0 Å². The smallest absolute Gasteiger partial charge is 0.420 e. The van der Waals surface area contributed by atoms with Crippen molar-refractivity contribution in [2.75, 3.05) is 0 Å². The molecule has 2 unspecified atom stereocenters. The maximum absolute atomic E-state index is 13.2. The van der Waals surface area contributed by atoms with Crippen LogP contribution in [0.3, 0.4) is 0 Å². The average molecular weight is 445 g/mol. The summed E-state index contributed by atoms with van der Waals surface area (Å²) in [4.78, 5) is 27.3. The van der Waals surface area contributed by atoms with Crippen LogP contribution in [0.1, 0.15) is 64.8 Å². The normalized spacial score (nSPS) is 13.7. The van der Waals surface area contributed by atoms with E-state index in [4.69, 9.17) is 15.2 Å². The van der Waals surface area contributed by atoms with Crippen LogP contribution < -0.4 is 5.73 Å². The van der Waals surface area contributed by atoms with Crippen molar-refractivity contribution in [1.29, 1.82) is 0 Å². The summed E-state index contributed by atoms with van der Waals surface area (Å²) >= 11 is 0. The van der Waals surface area contributed by atoms with Crippen molar-refractivity contribution in [2.24, 2.45) is 5.73 Å². The van der Waals surface area contributed by atoms with E-state index < -0.39 is 35.5 Å². The van der Waals surface area contributed by atoms with E-state index in [0.29, 0.717) is 11.1 Å². The Bertz CT molecular complexity index is 933. The Morgan fingerprint density at radius 1 is 0.812 bits per heavy atom. The zero-order valence-electron chi connectivity index (χ0n) is 19.3. The predicted octanol–water partition coefficient (Wildman–Crippen LogP) is 5.01. The van der Waals surface area contributed by atoms with Crippen LogP contribution in [0.25, 0.3) is 0 Å². The Balaban J connectivity index is 2.66. The van der Waals surface area contributed by atoms with E-state index in [-0.39, 0.29) is 11.5 Å². The highest BCUT2D eigenvalue weighted by Crippen LogP contribution is 2.36. The summed E-state index contributed by atoms with van der Waals surface area (Å²) in [6.07, 6.45) is -1.90. The average Bonchev–Trinajstić information content (AvgIpc) is 2.62. The largest absolute Gasteiger partial charge is 0.508 e. The first-order valence-electron chi connectivity index (χ1n) is 10.3. The van der Waals surface area contributed by atoms with E-state index >= 15 is 0 Å². The number of nitrogens with two attached hydrogens (primary N) is 1. The fourth-order valence-corrected chi connectivity index (χ4v) is 3.06. The summed E-state index contributed by atoms with van der Waals surface area (Å²) in [5, 5.41) is 20.0. The number of nitrogens with zero attached hydrogens (tertiary/aromatic N) is 1. The number of phenols is 2. The second kappa shape index (κ2) is 9.48. The number of carbonyl (C=O) groups excluding carboxylic acids is 2. The summed E-state index contributed by atoms with van der Waals surface area (Å²) in [7, 11) is 0. The molecule has 2 rings (SSSR count).